The number of nitro groups is 1. The number of hydrogen-bond acceptors (Lipinski definition) is 6. The normalized spacial score (nSPS) is 14.6. The number of benzene rings is 2. The predicted molar refractivity (Wildman–Crippen MR) is 122 cm³/mol. The Balaban J connectivity index is 1.64. The van der Waals surface area contributed by atoms with Crippen molar-refractivity contribution < 1.29 is 19.2 Å². The van der Waals surface area contributed by atoms with E-state index in [1.54, 1.807) is 24.3 Å². The van der Waals surface area contributed by atoms with E-state index in [0.29, 0.717) is 22.0 Å². The third kappa shape index (κ3) is 4.47. The number of rotatable bonds is 7. The van der Waals surface area contributed by atoms with Crippen molar-refractivity contribution in [2.45, 2.75) is 13.2 Å². The number of H-pyrrole nitrogens is 1. The zero-order valence-electron chi connectivity index (χ0n) is 17.8. The van der Waals surface area contributed by atoms with Crippen LogP contribution in [-0.4, -0.2) is 38.7 Å². The number of nitrogens with one attached hydrogen (secondary N) is 2. The molecule has 2 heterocycles. The second-order valence-electron chi connectivity index (χ2n) is 7.36. The third-order valence-corrected chi connectivity index (χ3v) is 5.37. The first-order chi connectivity index (χ1) is 16.3. The lowest BCUT2D eigenvalue weighted by molar-refractivity contribution is -0.384. The van der Waals surface area contributed by atoms with Gasteiger partial charge in [-0.15, -0.1) is 0 Å². The van der Waals surface area contributed by atoms with Gasteiger partial charge < -0.3 is 10.1 Å². The molecule has 174 valence electrons. The number of hydrogen-bond donors (Lipinski definition) is 2. The number of nitro benzene ring substituents is 1. The molecule has 0 bridgehead atoms. The second kappa shape index (κ2) is 9.33. The number of amides is 3. The van der Waals surface area contributed by atoms with E-state index in [1.165, 1.54) is 42.1 Å². The summed E-state index contributed by atoms with van der Waals surface area (Å²) >= 11 is 5.92. The van der Waals surface area contributed by atoms with E-state index in [4.69, 9.17) is 16.3 Å². The molecule has 34 heavy (non-hydrogen) atoms. The Hall–Kier alpha value is -4.22. The maximum atomic E-state index is 13.1. The number of carbonyl (C=O) groups excluding carboxylic acids is 2. The van der Waals surface area contributed by atoms with E-state index in [2.05, 4.69) is 10.4 Å². The summed E-state index contributed by atoms with van der Waals surface area (Å²) in [7, 11) is 1.46. The molecular formula is C22H18ClN5O6. The van der Waals surface area contributed by atoms with Crippen LogP contribution in [0.25, 0.3) is 11.8 Å². The van der Waals surface area contributed by atoms with Crippen LogP contribution in [-0.2, 0) is 22.7 Å². The molecule has 0 unspecified atom stereocenters. The standard InChI is InChI=1S/C22H18ClN5O6/c1-34-12-19-17(20(29)27(25-19)15-8-4-14(23)5-9-15)10-18-21(30)26(22(31)24-18)11-13-2-6-16(7-3-13)28(32)33/h2-10,25H,11-12H2,1H3,(H,24,31). The number of carbonyl (C=O) groups is 2. The second-order valence-corrected chi connectivity index (χ2v) is 7.79. The number of urea groups is 1. The molecule has 3 aromatic rings. The Kier molecular flexibility index (Phi) is 6.30. The Morgan fingerprint density at radius 3 is 2.38 bits per heavy atom. The van der Waals surface area contributed by atoms with Gasteiger partial charge in [-0.1, -0.05) is 23.7 Å². The molecule has 1 aromatic heterocycles. The van der Waals surface area contributed by atoms with Crippen molar-refractivity contribution in [1.82, 2.24) is 20.0 Å². The summed E-state index contributed by atoms with van der Waals surface area (Å²) in [4.78, 5) is 49.6. The number of aromatic nitrogens is 2. The molecule has 0 aliphatic carbocycles. The summed E-state index contributed by atoms with van der Waals surface area (Å²) in [5, 5.41) is 16.7. The lowest BCUT2D eigenvalue weighted by Crippen LogP contribution is -2.30. The Bertz CT molecular complexity index is 1360. The quantitative estimate of drug-likeness (QED) is 0.229. The number of imide groups is 1. The lowest BCUT2D eigenvalue weighted by Gasteiger charge is -2.11. The largest absolute Gasteiger partial charge is 0.378 e. The van der Waals surface area contributed by atoms with Crippen LogP contribution in [0.1, 0.15) is 16.8 Å². The van der Waals surface area contributed by atoms with Gasteiger partial charge in [0.1, 0.15) is 5.70 Å². The molecule has 1 aliphatic rings. The fourth-order valence-corrected chi connectivity index (χ4v) is 3.56. The van der Waals surface area contributed by atoms with Crippen molar-refractivity contribution >= 4 is 35.3 Å². The molecule has 1 aliphatic heterocycles. The van der Waals surface area contributed by atoms with Crippen LogP contribution in [0.15, 0.2) is 59.0 Å². The van der Waals surface area contributed by atoms with E-state index in [9.17, 15) is 24.5 Å². The fourth-order valence-electron chi connectivity index (χ4n) is 3.44. The van der Waals surface area contributed by atoms with Gasteiger partial charge in [-0.3, -0.25) is 29.7 Å². The molecule has 0 spiro atoms. The van der Waals surface area contributed by atoms with Crippen LogP contribution in [0.5, 0.6) is 0 Å². The number of ether oxygens (including phenoxy) is 1. The SMILES string of the molecule is COCc1[nH]n(-c2ccc(Cl)cc2)c(=O)c1C=C1NC(=O)N(Cc2ccc([N+](=O)[O-])cc2)C1=O. The van der Waals surface area contributed by atoms with E-state index < -0.39 is 22.4 Å². The van der Waals surface area contributed by atoms with Gasteiger partial charge in [0.15, 0.2) is 0 Å². The van der Waals surface area contributed by atoms with E-state index >= 15 is 0 Å². The van der Waals surface area contributed by atoms with Crippen molar-refractivity contribution in [3.05, 3.63) is 96.5 Å². The van der Waals surface area contributed by atoms with Crippen molar-refractivity contribution in [3.8, 4) is 5.69 Å². The van der Waals surface area contributed by atoms with Gasteiger partial charge in [0.25, 0.3) is 17.2 Å². The average Bonchev–Trinajstić information content (AvgIpc) is 3.26. The molecule has 0 atom stereocenters. The minimum Gasteiger partial charge on any atom is -0.378 e. The molecule has 2 aromatic carbocycles. The highest BCUT2D eigenvalue weighted by molar-refractivity contribution is 6.30. The Labute approximate surface area is 197 Å². The molecule has 1 saturated heterocycles. The highest BCUT2D eigenvalue weighted by Gasteiger charge is 2.34. The number of non-ortho nitro benzene ring substituents is 1. The van der Waals surface area contributed by atoms with Gasteiger partial charge in [-0.2, -0.15) is 0 Å². The number of methoxy groups -OCH3 is 1. The Morgan fingerprint density at radius 1 is 1.09 bits per heavy atom. The molecule has 0 radical (unpaired) electrons. The van der Waals surface area contributed by atoms with E-state index in [0.717, 1.165) is 4.90 Å². The number of halogens is 1. The number of aromatic amines is 1. The minimum absolute atomic E-state index is 0.0591. The molecule has 2 N–H and O–H groups in total. The third-order valence-electron chi connectivity index (χ3n) is 5.12. The fraction of sp³-hybridized carbons (Fsp3) is 0.136. The van der Waals surface area contributed by atoms with E-state index in [-0.39, 0.29) is 30.1 Å². The zero-order chi connectivity index (χ0) is 24.4. The highest BCUT2D eigenvalue weighted by atomic mass is 35.5. The highest BCUT2D eigenvalue weighted by Crippen LogP contribution is 2.20. The predicted octanol–water partition coefficient (Wildman–Crippen LogP) is 2.97. The van der Waals surface area contributed by atoms with Crippen molar-refractivity contribution in [2.24, 2.45) is 0 Å². The Morgan fingerprint density at radius 2 is 1.76 bits per heavy atom. The van der Waals surface area contributed by atoms with Crippen LogP contribution in [0, 0.1) is 10.1 Å². The first-order valence-corrected chi connectivity index (χ1v) is 10.3. The molecule has 12 heteroatoms. The van der Waals surface area contributed by atoms with Crippen LogP contribution >= 0.6 is 11.6 Å². The van der Waals surface area contributed by atoms with Crippen molar-refractivity contribution in [1.29, 1.82) is 0 Å². The van der Waals surface area contributed by atoms with Gasteiger partial charge in [-0.05, 0) is 35.9 Å². The lowest BCUT2D eigenvalue weighted by atomic mass is 10.2. The van der Waals surface area contributed by atoms with Crippen molar-refractivity contribution in [2.75, 3.05) is 7.11 Å². The first kappa shape index (κ1) is 23.0. The smallest absolute Gasteiger partial charge is 0.329 e. The van der Waals surface area contributed by atoms with Crippen LogP contribution < -0.4 is 10.9 Å². The molecule has 4 rings (SSSR count). The minimum atomic E-state index is -0.670. The summed E-state index contributed by atoms with van der Waals surface area (Å²) in [5.74, 6) is -0.634. The first-order valence-electron chi connectivity index (χ1n) is 9.95. The maximum absolute atomic E-state index is 13.1. The number of nitrogens with zero attached hydrogens (tertiary/aromatic N) is 3. The molecule has 3 amide bonds. The van der Waals surface area contributed by atoms with E-state index in [1.807, 2.05) is 0 Å². The molecule has 11 nitrogen and oxygen atoms in total. The van der Waals surface area contributed by atoms with Crippen LogP contribution in [0.2, 0.25) is 5.02 Å². The summed E-state index contributed by atoms with van der Waals surface area (Å²) < 4.78 is 6.45. The van der Waals surface area contributed by atoms with Crippen molar-refractivity contribution in [3.63, 3.8) is 0 Å². The topological polar surface area (TPSA) is 140 Å². The summed E-state index contributed by atoms with van der Waals surface area (Å²) in [6, 6.07) is 11.4. The molecule has 1 fully saturated rings. The van der Waals surface area contributed by atoms with Gasteiger partial charge in [0, 0.05) is 24.3 Å². The maximum Gasteiger partial charge on any atom is 0.329 e. The summed E-state index contributed by atoms with van der Waals surface area (Å²) in [6.07, 6.45) is 1.30. The summed E-state index contributed by atoms with van der Waals surface area (Å²) in [6.45, 7) is -0.0311. The molecule has 0 saturated carbocycles. The summed E-state index contributed by atoms with van der Waals surface area (Å²) in [5.41, 5.74) is 0.988. The van der Waals surface area contributed by atoms with Gasteiger partial charge in [0.05, 0.1) is 35.0 Å². The van der Waals surface area contributed by atoms with Gasteiger partial charge in [-0.25, -0.2) is 9.48 Å². The van der Waals surface area contributed by atoms with Crippen LogP contribution in [0.4, 0.5) is 10.5 Å². The van der Waals surface area contributed by atoms with Gasteiger partial charge >= 0.3 is 6.03 Å². The molecular weight excluding hydrogens is 466 g/mol. The monoisotopic (exact) mass is 483 g/mol. The van der Waals surface area contributed by atoms with Gasteiger partial charge in [0.2, 0.25) is 0 Å². The zero-order valence-corrected chi connectivity index (χ0v) is 18.5. The van der Waals surface area contributed by atoms with Crippen LogP contribution in [0.3, 0.4) is 0 Å². The average molecular weight is 484 g/mol.